The van der Waals surface area contributed by atoms with Gasteiger partial charge in [0.2, 0.25) is 0 Å². The molecule has 1 aliphatic carbocycles. The number of hydrogen-bond acceptors (Lipinski definition) is 6. The zero-order valence-corrected chi connectivity index (χ0v) is 18.4. The Kier molecular flexibility index (Phi) is 6.51. The maximum Gasteiger partial charge on any atom is 0.141 e. The number of morpholine rings is 1. The lowest BCUT2D eigenvalue weighted by Gasteiger charge is -2.34. The fourth-order valence-electron chi connectivity index (χ4n) is 5.04. The average molecular weight is 431 g/mol. The van der Waals surface area contributed by atoms with Crippen molar-refractivity contribution >= 4 is 16.6 Å². The number of ketones is 1. The number of fused-ring (bicyclic) bond motifs is 1. The Morgan fingerprint density at radius 3 is 2.66 bits per heavy atom. The van der Waals surface area contributed by atoms with Gasteiger partial charge in [0.25, 0.3) is 0 Å². The van der Waals surface area contributed by atoms with Crippen LogP contribution in [0.3, 0.4) is 0 Å². The first-order valence-electron chi connectivity index (χ1n) is 11.7. The first-order valence-corrected chi connectivity index (χ1v) is 11.7. The highest BCUT2D eigenvalue weighted by Gasteiger charge is 2.27. The molecule has 2 aliphatic rings. The van der Waals surface area contributed by atoms with E-state index in [0.717, 1.165) is 92.2 Å². The highest BCUT2D eigenvalue weighted by atomic mass is 16.5. The lowest BCUT2D eigenvalue weighted by molar-refractivity contribution is -0.123. The highest BCUT2D eigenvalue weighted by molar-refractivity contribution is 5.88. The third kappa shape index (κ3) is 5.03. The summed E-state index contributed by atoms with van der Waals surface area (Å²) in [5.74, 6) is 1.24. The zero-order valence-electron chi connectivity index (χ0n) is 18.4. The van der Waals surface area contributed by atoms with Crippen LogP contribution >= 0.6 is 0 Å². The van der Waals surface area contributed by atoms with Gasteiger partial charge in [-0.1, -0.05) is 12.1 Å². The second kappa shape index (κ2) is 9.84. The fourth-order valence-corrected chi connectivity index (χ4v) is 5.04. The smallest absolute Gasteiger partial charge is 0.141 e. The molecular weight excluding hydrogens is 400 g/mol. The Bertz CT molecular complexity index is 1060. The maximum atomic E-state index is 13.0. The van der Waals surface area contributed by atoms with Crippen LogP contribution in [0.1, 0.15) is 31.4 Å². The Morgan fingerprint density at radius 1 is 1.03 bits per heavy atom. The zero-order chi connectivity index (χ0) is 21.8. The van der Waals surface area contributed by atoms with Crippen molar-refractivity contribution in [2.24, 2.45) is 11.8 Å². The average Bonchev–Trinajstić information content (AvgIpc) is 2.85. The molecule has 1 aromatic carbocycles. The third-order valence-corrected chi connectivity index (χ3v) is 6.92. The lowest BCUT2D eigenvalue weighted by Crippen LogP contribution is -2.40. The van der Waals surface area contributed by atoms with Gasteiger partial charge in [-0.3, -0.25) is 14.7 Å². The summed E-state index contributed by atoms with van der Waals surface area (Å²) in [4.78, 5) is 20.1. The molecule has 166 valence electrons. The summed E-state index contributed by atoms with van der Waals surface area (Å²) >= 11 is 0. The third-order valence-electron chi connectivity index (χ3n) is 6.92. The van der Waals surface area contributed by atoms with Gasteiger partial charge >= 0.3 is 0 Å². The number of benzene rings is 1. The maximum absolute atomic E-state index is 13.0. The summed E-state index contributed by atoms with van der Waals surface area (Å²) < 4.78 is 5.45. The molecule has 1 aliphatic heterocycles. The first kappa shape index (κ1) is 21.2. The van der Waals surface area contributed by atoms with Crippen molar-refractivity contribution in [3.8, 4) is 11.3 Å². The van der Waals surface area contributed by atoms with Crippen LogP contribution in [0.5, 0.6) is 0 Å². The molecule has 6 nitrogen and oxygen atoms in total. The summed E-state index contributed by atoms with van der Waals surface area (Å²) in [5.41, 5.74) is 2.72. The van der Waals surface area contributed by atoms with Gasteiger partial charge in [-0.05, 0) is 61.3 Å². The summed E-state index contributed by atoms with van der Waals surface area (Å²) in [7, 11) is 0. The monoisotopic (exact) mass is 430 g/mol. The largest absolute Gasteiger partial charge is 0.379 e. The SMILES string of the molecule is O=C(Cc1cc2cc(-c3cccnn3)ccc2cn1)C1CCC(CN2CCOCC2)CC1. The Morgan fingerprint density at radius 2 is 1.88 bits per heavy atom. The van der Waals surface area contributed by atoms with E-state index in [9.17, 15) is 4.79 Å². The van der Waals surface area contributed by atoms with E-state index in [1.807, 2.05) is 30.5 Å². The Balaban J connectivity index is 1.20. The summed E-state index contributed by atoms with van der Waals surface area (Å²) in [5, 5.41) is 10.3. The van der Waals surface area contributed by atoms with Crippen LogP contribution < -0.4 is 0 Å². The lowest BCUT2D eigenvalue weighted by atomic mass is 9.79. The molecule has 32 heavy (non-hydrogen) atoms. The van der Waals surface area contributed by atoms with Crippen LogP contribution in [0, 0.1) is 11.8 Å². The van der Waals surface area contributed by atoms with E-state index in [0.29, 0.717) is 12.2 Å². The number of hydrogen-bond donors (Lipinski definition) is 0. The molecule has 2 fully saturated rings. The van der Waals surface area contributed by atoms with Crippen molar-refractivity contribution in [2.45, 2.75) is 32.1 Å². The van der Waals surface area contributed by atoms with E-state index in [2.05, 4.69) is 32.2 Å². The minimum atomic E-state index is 0.180. The van der Waals surface area contributed by atoms with Gasteiger partial charge in [-0.15, -0.1) is 0 Å². The molecule has 0 amide bonds. The van der Waals surface area contributed by atoms with Gasteiger partial charge in [0.05, 0.1) is 18.9 Å². The van der Waals surface area contributed by atoms with Gasteiger partial charge in [-0.2, -0.15) is 10.2 Å². The summed E-state index contributed by atoms with van der Waals surface area (Å²) in [6.07, 6.45) is 8.30. The summed E-state index contributed by atoms with van der Waals surface area (Å²) in [6, 6.07) is 12.1. The van der Waals surface area contributed by atoms with Crippen LogP contribution in [0.4, 0.5) is 0 Å². The number of nitrogens with zero attached hydrogens (tertiary/aromatic N) is 4. The molecule has 3 heterocycles. The Hall–Kier alpha value is -2.70. The molecule has 0 spiro atoms. The number of rotatable bonds is 6. The van der Waals surface area contributed by atoms with Crippen LogP contribution in [0.2, 0.25) is 0 Å². The molecule has 3 aromatic rings. The van der Waals surface area contributed by atoms with Gasteiger partial charge < -0.3 is 4.74 Å². The van der Waals surface area contributed by atoms with Crippen molar-refractivity contribution in [2.75, 3.05) is 32.8 Å². The van der Waals surface area contributed by atoms with Crippen LogP contribution in [0.15, 0.2) is 48.8 Å². The van der Waals surface area contributed by atoms with E-state index >= 15 is 0 Å². The predicted molar refractivity (Wildman–Crippen MR) is 124 cm³/mol. The molecule has 0 atom stereocenters. The minimum Gasteiger partial charge on any atom is -0.379 e. The van der Waals surface area contributed by atoms with Gasteiger partial charge in [0.15, 0.2) is 0 Å². The molecular formula is C26H30N4O2. The van der Waals surface area contributed by atoms with Crippen molar-refractivity contribution in [1.82, 2.24) is 20.1 Å². The van der Waals surface area contributed by atoms with Crippen molar-refractivity contribution in [1.29, 1.82) is 0 Å². The predicted octanol–water partition coefficient (Wildman–Crippen LogP) is 3.94. The topological polar surface area (TPSA) is 68.2 Å². The van der Waals surface area contributed by atoms with E-state index in [4.69, 9.17) is 4.74 Å². The van der Waals surface area contributed by atoms with E-state index in [-0.39, 0.29) is 5.92 Å². The number of aromatic nitrogens is 3. The molecule has 2 aromatic heterocycles. The highest BCUT2D eigenvalue weighted by Crippen LogP contribution is 2.31. The van der Waals surface area contributed by atoms with E-state index < -0.39 is 0 Å². The fraction of sp³-hybridized carbons (Fsp3) is 0.462. The Labute approximate surface area is 189 Å². The van der Waals surface area contributed by atoms with Gasteiger partial charge in [0, 0.05) is 61.0 Å². The molecule has 0 N–H and O–H groups in total. The molecule has 5 rings (SSSR count). The van der Waals surface area contributed by atoms with E-state index in [1.165, 1.54) is 0 Å². The van der Waals surface area contributed by atoms with E-state index in [1.54, 1.807) is 6.20 Å². The number of Topliss-reactive ketones (excluding diaryl/α,β-unsaturated/α-hetero) is 1. The molecule has 1 saturated carbocycles. The number of carbonyl (C=O) groups excluding carboxylic acids is 1. The number of ether oxygens (including phenoxy) is 1. The van der Waals surface area contributed by atoms with Gasteiger partial charge in [-0.25, -0.2) is 0 Å². The minimum absolute atomic E-state index is 0.180. The number of pyridine rings is 1. The van der Waals surface area contributed by atoms with Crippen molar-refractivity contribution in [3.63, 3.8) is 0 Å². The molecule has 6 heteroatoms. The standard InChI is InChI=1S/C26H30N4O2/c31-26(20-5-3-19(4-6-20)18-30-10-12-32-13-11-30)16-24-15-23-14-21(7-8-22(23)17-27-24)25-2-1-9-28-29-25/h1-2,7-9,14-15,17,19-20H,3-6,10-13,16,18H2. The molecule has 0 unspecified atom stereocenters. The second-order valence-corrected chi connectivity index (χ2v) is 9.12. The quantitative estimate of drug-likeness (QED) is 0.590. The normalized spacial score (nSPS) is 22.1. The van der Waals surface area contributed by atoms with Crippen molar-refractivity contribution in [3.05, 3.63) is 54.5 Å². The van der Waals surface area contributed by atoms with Crippen molar-refractivity contribution < 1.29 is 9.53 Å². The summed E-state index contributed by atoms with van der Waals surface area (Å²) in [6.45, 7) is 4.96. The molecule has 0 radical (unpaired) electrons. The van der Waals surface area contributed by atoms with Crippen LogP contribution in [-0.2, 0) is 16.0 Å². The molecule has 0 bridgehead atoms. The second-order valence-electron chi connectivity index (χ2n) is 9.12. The van der Waals surface area contributed by atoms with Crippen LogP contribution in [-0.4, -0.2) is 58.7 Å². The van der Waals surface area contributed by atoms with Crippen LogP contribution in [0.25, 0.3) is 22.0 Å². The first-order chi connectivity index (χ1) is 15.7. The number of carbonyl (C=O) groups is 1. The molecule has 1 saturated heterocycles. The van der Waals surface area contributed by atoms with Gasteiger partial charge in [0.1, 0.15) is 5.78 Å².